The lowest BCUT2D eigenvalue weighted by Crippen LogP contribution is -2.36. The highest BCUT2D eigenvalue weighted by Gasteiger charge is 2.33. The summed E-state index contributed by atoms with van der Waals surface area (Å²) in [5.41, 5.74) is 3.69. The van der Waals surface area contributed by atoms with Crippen LogP contribution < -0.4 is 4.90 Å². The highest BCUT2D eigenvalue weighted by atomic mass is 32.2. The number of amides is 1. The van der Waals surface area contributed by atoms with Gasteiger partial charge in [0.15, 0.2) is 0 Å². The third-order valence-electron chi connectivity index (χ3n) is 5.53. The first-order valence-corrected chi connectivity index (χ1v) is 10.7. The molecule has 0 bridgehead atoms. The van der Waals surface area contributed by atoms with Gasteiger partial charge in [-0.25, -0.2) is 0 Å². The SMILES string of the molecule is O=C(O)CN1C(=O)C(=Cc2ccc(N3CCC4CCCC=C4C3)cc2)SC1=S. The van der Waals surface area contributed by atoms with Crippen LogP contribution >= 0.6 is 24.0 Å². The first kappa shape index (κ1) is 19.2. The molecule has 5 nitrogen and oxygen atoms in total. The highest BCUT2D eigenvalue weighted by Crippen LogP contribution is 2.35. The molecule has 1 N–H and O–H groups in total. The van der Waals surface area contributed by atoms with E-state index in [-0.39, 0.29) is 5.91 Å². The standard InChI is InChI=1S/C21H22N2O3S2/c24-19(25)13-23-20(26)18(28-21(23)27)11-14-5-7-17(8-6-14)22-10-9-15-3-1-2-4-16(15)12-22/h4-8,11,15H,1-3,9-10,12-13H2,(H,24,25). The van der Waals surface area contributed by atoms with Crippen molar-refractivity contribution in [2.75, 3.05) is 24.5 Å². The number of carbonyl (C=O) groups excluding carboxylic acids is 1. The van der Waals surface area contributed by atoms with Crippen molar-refractivity contribution in [1.29, 1.82) is 0 Å². The monoisotopic (exact) mass is 414 g/mol. The lowest BCUT2D eigenvalue weighted by molar-refractivity contribution is -0.140. The Morgan fingerprint density at radius 3 is 2.82 bits per heavy atom. The van der Waals surface area contributed by atoms with Gasteiger partial charge in [-0.3, -0.25) is 14.5 Å². The molecule has 2 fully saturated rings. The fourth-order valence-corrected chi connectivity index (χ4v) is 5.32. The molecule has 146 valence electrons. The van der Waals surface area contributed by atoms with Crippen LogP contribution in [-0.4, -0.2) is 45.8 Å². The lowest BCUT2D eigenvalue weighted by atomic mass is 9.82. The molecule has 1 amide bonds. The Balaban J connectivity index is 1.46. The Morgan fingerprint density at radius 1 is 1.29 bits per heavy atom. The van der Waals surface area contributed by atoms with Gasteiger partial charge in [0.1, 0.15) is 10.9 Å². The van der Waals surface area contributed by atoms with Crippen molar-refractivity contribution in [3.05, 3.63) is 46.4 Å². The number of benzene rings is 1. The number of carboxylic acid groups (broad SMARTS) is 1. The van der Waals surface area contributed by atoms with Gasteiger partial charge in [0.2, 0.25) is 0 Å². The molecule has 2 aliphatic heterocycles. The number of anilines is 1. The molecular formula is C21H22N2O3S2. The Kier molecular flexibility index (Phi) is 5.55. The smallest absolute Gasteiger partial charge is 0.323 e. The Bertz CT molecular complexity index is 876. The van der Waals surface area contributed by atoms with Gasteiger partial charge >= 0.3 is 5.97 Å². The lowest BCUT2D eigenvalue weighted by Gasteiger charge is -2.37. The van der Waals surface area contributed by atoms with Crippen molar-refractivity contribution in [1.82, 2.24) is 4.90 Å². The average Bonchev–Trinajstić information content (AvgIpc) is 2.95. The predicted molar refractivity (Wildman–Crippen MR) is 116 cm³/mol. The van der Waals surface area contributed by atoms with E-state index in [0.29, 0.717) is 9.23 Å². The minimum atomic E-state index is -1.07. The number of hydrogen-bond acceptors (Lipinski definition) is 5. The van der Waals surface area contributed by atoms with Gasteiger partial charge in [-0.15, -0.1) is 0 Å². The molecule has 0 spiro atoms. The molecule has 3 aliphatic rings. The third kappa shape index (κ3) is 4.00. The minimum Gasteiger partial charge on any atom is -0.480 e. The summed E-state index contributed by atoms with van der Waals surface area (Å²) in [6, 6.07) is 8.18. The number of carboxylic acids is 1. The van der Waals surface area contributed by atoms with Crippen LogP contribution in [-0.2, 0) is 9.59 Å². The number of thiocarbonyl (C=S) groups is 1. The molecule has 0 aromatic heterocycles. The zero-order valence-electron chi connectivity index (χ0n) is 15.5. The van der Waals surface area contributed by atoms with Crippen LogP contribution in [0.5, 0.6) is 0 Å². The first-order chi connectivity index (χ1) is 13.5. The van der Waals surface area contributed by atoms with Crippen LogP contribution in [0.15, 0.2) is 40.8 Å². The van der Waals surface area contributed by atoms with Crippen molar-refractivity contribution < 1.29 is 14.7 Å². The van der Waals surface area contributed by atoms with E-state index in [9.17, 15) is 9.59 Å². The number of aliphatic carboxylic acids is 1. The van der Waals surface area contributed by atoms with Gasteiger partial charge in [0, 0.05) is 18.8 Å². The molecule has 1 unspecified atom stereocenters. The van der Waals surface area contributed by atoms with Crippen molar-refractivity contribution >= 4 is 51.9 Å². The summed E-state index contributed by atoms with van der Waals surface area (Å²) < 4.78 is 0.291. The fourth-order valence-electron chi connectivity index (χ4n) is 4.06. The average molecular weight is 415 g/mol. The van der Waals surface area contributed by atoms with Crippen molar-refractivity contribution in [3.8, 4) is 0 Å². The summed E-state index contributed by atoms with van der Waals surface area (Å²) in [5.74, 6) is -0.636. The van der Waals surface area contributed by atoms with E-state index in [0.717, 1.165) is 41.2 Å². The van der Waals surface area contributed by atoms with E-state index in [2.05, 4.69) is 23.1 Å². The minimum absolute atomic E-state index is 0.291. The molecule has 7 heteroatoms. The maximum atomic E-state index is 12.4. The number of fused-ring (bicyclic) bond motifs is 1. The quantitative estimate of drug-likeness (QED) is 0.458. The molecule has 1 aliphatic carbocycles. The molecule has 4 rings (SSSR count). The van der Waals surface area contributed by atoms with E-state index in [1.54, 1.807) is 11.6 Å². The summed E-state index contributed by atoms with van der Waals surface area (Å²) in [4.78, 5) is 27.3. The Labute approximate surface area is 174 Å². The Morgan fingerprint density at radius 2 is 2.07 bits per heavy atom. The van der Waals surface area contributed by atoms with Crippen molar-refractivity contribution in [2.24, 2.45) is 5.92 Å². The molecule has 2 saturated heterocycles. The molecule has 1 aromatic carbocycles. The van der Waals surface area contributed by atoms with Gasteiger partial charge < -0.3 is 10.0 Å². The van der Waals surface area contributed by atoms with Gasteiger partial charge in [-0.2, -0.15) is 0 Å². The normalized spacial score (nSPS) is 23.8. The largest absolute Gasteiger partial charge is 0.480 e. The maximum Gasteiger partial charge on any atom is 0.323 e. The number of nitrogens with zero attached hydrogens (tertiary/aromatic N) is 2. The number of carbonyl (C=O) groups is 2. The van der Waals surface area contributed by atoms with Crippen LogP contribution in [0.3, 0.4) is 0 Å². The highest BCUT2D eigenvalue weighted by molar-refractivity contribution is 8.26. The first-order valence-electron chi connectivity index (χ1n) is 9.52. The number of thioether (sulfide) groups is 1. The van der Waals surface area contributed by atoms with Gasteiger partial charge in [0.05, 0.1) is 4.91 Å². The fraction of sp³-hybridized carbons (Fsp3) is 0.381. The van der Waals surface area contributed by atoms with Crippen LogP contribution in [0.2, 0.25) is 0 Å². The van der Waals surface area contributed by atoms with Crippen LogP contribution in [0, 0.1) is 5.92 Å². The summed E-state index contributed by atoms with van der Waals surface area (Å²) >= 11 is 6.29. The van der Waals surface area contributed by atoms with Gasteiger partial charge in [-0.1, -0.05) is 47.8 Å². The molecule has 1 aromatic rings. The second-order valence-corrected chi connectivity index (χ2v) is 9.05. The molecular weight excluding hydrogens is 392 g/mol. The van der Waals surface area contributed by atoms with E-state index >= 15 is 0 Å². The summed E-state index contributed by atoms with van der Waals surface area (Å²) in [6.45, 7) is 1.69. The summed E-state index contributed by atoms with van der Waals surface area (Å²) in [6.07, 6.45) is 9.28. The predicted octanol–water partition coefficient (Wildman–Crippen LogP) is 3.91. The van der Waals surface area contributed by atoms with Gasteiger partial charge in [0.25, 0.3) is 5.91 Å². The second-order valence-electron chi connectivity index (χ2n) is 7.37. The van der Waals surface area contributed by atoms with Crippen molar-refractivity contribution in [2.45, 2.75) is 25.7 Å². The molecule has 28 heavy (non-hydrogen) atoms. The molecule has 0 radical (unpaired) electrons. The van der Waals surface area contributed by atoms with Crippen molar-refractivity contribution in [3.63, 3.8) is 0 Å². The van der Waals surface area contributed by atoms with E-state index < -0.39 is 12.5 Å². The topological polar surface area (TPSA) is 60.9 Å². The second kappa shape index (κ2) is 8.09. The van der Waals surface area contributed by atoms with Crippen LogP contribution in [0.4, 0.5) is 5.69 Å². The number of allylic oxidation sites excluding steroid dienone is 1. The van der Waals surface area contributed by atoms with Crippen LogP contribution in [0.25, 0.3) is 6.08 Å². The number of rotatable bonds is 4. The number of hydrogen-bond donors (Lipinski definition) is 1. The molecule has 1 atom stereocenters. The maximum absolute atomic E-state index is 12.4. The van der Waals surface area contributed by atoms with E-state index in [1.165, 1.54) is 31.4 Å². The summed E-state index contributed by atoms with van der Waals surface area (Å²) in [7, 11) is 0. The van der Waals surface area contributed by atoms with E-state index in [1.807, 2.05) is 12.1 Å². The van der Waals surface area contributed by atoms with E-state index in [4.69, 9.17) is 17.3 Å². The molecule has 0 saturated carbocycles. The zero-order chi connectivity index (χ0) is 19.7. The van der Waals surface area contributed by atoms with Gasteiger partial charge in [-0.05, 0) is 55.4 Å². The van der Waals surface area contributed by atoms with Crippen LogP contribution in [0.1, 0.15) is 31.2 Å². The third-order valence-corrected chi connectivity index (χ3v) is 6.91. The molecule has 2 heterocycles. The zero-order valence-corrected chi connectivity index (χ0v) is 17.1. The number of piperidine rings is 1. The Hall–Kier alpha value is -2.12. The summed E-state index contributed by atoms with van der Waals surface area (Å²) in [5, 5.41) is 8.92.